The van der Waals surface area contributed by atoms with Crippen molar-refractivity contribution in [3.63, 3.8) is 0 Å². The van der Waals surface area contributed by atoms with Gasteiger partial charge in [0, 0.05) is 12.6 Å². The van der Waals surface area contributed by atoms with Crippen LogP contribution in [0.3, 0.4) is 0 Å². The molecule has 0 fully saturated rings. The molecule has 0 saturated carbocycles. The largest absolute Gasteiger partial charge is 0.397 e. The molecule has 2 rings (SSSR count). The van der Waals surface area contributed by atoms with E-state index in [0.717, 1.165) is 6.42 Å². The van der Waals surface area contributed by atoms with Crippen molar-refractivity contribution in [3.05, 3.63) is 58.5 Å². The van der Waals surface area contributed by atoms with E-state index in [9.17, 15) is 9.59 Å². The van der Waals surface area contributed by atoms with Gasteiger partial charge in [-0.15, -0.1) is 0 Å². The minimum absolute atomic E-state index is 0.259. The number of aromatic amines is 1. The van der Waals surface area contributed by atoms with E-state index in [-0.39, 0.29) is 17.2 Å². The summed E-state index contributed by atoms with van der Waals surface area (Å²) in [7, 11) is 0. The lowest BCUT2D eigenvalue weighted by atomic mass is 10.2. The van der Waals surface area contributed by atoms with Gasteiger partial charge in [0.2, 0.25) is 5.56 Å². The first-order valence-corrected chi connectivity index (χ1v) is 6.49. The molecular formula is C15H17N3O2. The summed E-state index contributed by atoms with van der Waals surface area (Å²) in [6.07, 6.45) is 0.789. The summed E-state index contributed by atoms with van der Waals surface area (Å²) in [5.74, 6) is -0.262. The lowest BCUT2D eigenvalue weighted by molar-refractivity contribution is 0.0982. The van der Waals surface area contributed by atoms with Crippen LogP contribution in [0.1, 0.15) is 23.8 Å². The molecule has 0 atom stereocenters. The maximum atomic E-state index is 12.5. The summed E-state index contributed by atoms with van der Waals surface area (Å²) in [5, 5.41) is 0. The summed E-state index contributed by atoms with van der Waals surface area (Å²) < 4.78 is 0. The zero-order chi connectivity index (χ0) is 14.5. The third kappa shape index (κ3) is 2.88. The van der Waals surface area contributed by atoms with Gasteiger partial charge < -0.3 is 15.6 Å². The van der Waals surface area contributed by atoms with E-state index in [2.05, 4.69) is 4.98 Å². The van der Waals surface area contributed by atoms with Gasteiger partial charge in [-0.3, -0.25) is 9.59 Å². The minimum Gasteiger partial charge on any atom is -0.397 e. The molecule has 0 bridgehead atoms. The summed E-state index contributed by atoms with van der Waals surface area (Å²) in [4.78, 5) is 28.0. The van der Waals surface area contributed by atoms with Gasteiger partial charge in [-0.25, -0.2) is 0 Å². The molecule has 1 amide bonds. The number of amides is 1. The molecule has 0 unspecified atom stereocenters. The Bertz CT molecular complexity index is 664. The Labute approximate surface area is 117 Å². The Morgan fingerprint density at radius 3 is 2.60 bits per heavy atom. The molecule has 5 heteroatoms. The number of anilines is 2. The van der Waals surface area contributed by atoms with Crippen LogP contribution in [-0.4, -0.2) is 17.4 Å². The Hall–Kier alpha value is -2.56. The third-order valence-corrected chi connectivity index (χ3v) is 2.92. The van der Waals surface area contributed by atoms with Crippen LogP contribution in [0.2, 0.25) is 0 Å². The molecular weight excluding hydrogens is 254 g/mol. The first-order valence-electron chi connectivity index (χ1n) is 6.49. The number of hydrogen-bond acceptors (Lipinski definition) is 3. The second kappa shape index (κ2) is 6.06. The average Bonchev–Trinajstić information content (AvgIpc) is 2.45. The second-order valence-electron chi connectivity index (χ2n) is 4.44. The lowest BCUT2D eigenvalue weighted by Crippen LogP contribution is -2.33. The van der Waals surface area contributed by atoms with Crippen LogP contribution in [0.25, 0.3) is 0 Å². The van der Waals surface area contributed by atoms with Crippen LogP contribution in [0.5, 0.6) is 0 Å². The number of nitrogens with one attached hydrogen (secondary N) is 1. The third-order valence-electron chi connectivity index (χ3n) is 2.92. The number of benzene rings is 1. The fourth-order valence-electron chi connectivity index (χ4n) is 2.01. The van der Waals surface area contributed by atoms with Crippen molar-refractivity contribution in [1.82, 2.24) is 4.98 Å². The van der Waals surface area contributed by atoms with Gasteiger partial charge in [0.25, 0.3) is 5.91 Å². The minimum atomic E-state index is -0.298. The Kier molecular flexibility index (Phi) is 4.20. The van der Waals surface area contributed by atoms with Gasteiger partial charge >= 0.3 is 0 Å². The molecule has 0 aliphatic heterocycles. The van der Waals surface area contributed by atoms with Gasteiger partial charge in [0.1, 0.15) is 5.69 Å². The number of carbonyl (C=O) groups excluding carboxylic acids is 1. The van der Waals surface area contributed by atoms with Crippen molar-refractivity contribution >= 4 is 17.3 Å². The number of rotatable bonds is 4. The lowest BCUT2D eigenvalue weighted by Gasteiger charge is -2.23. The smallest absolute Gasteiger partial charge is 0.274 e. The molecule has 1 heterocycles. The van der Waals surface area contributed by atoms with Crippen molar-refractivity contribution < 1.29 is 4.79 Å². The molecule has 5 nitrogen and oxygen atoms in total. The highest BCUT2D eigenvalue weighted by molar-refractivity contribution is 6.06. The topological polar surface area (TPSA) is 79.2 Å². The summed E-state index contributed by atoms with van der Waals surface area (Å²) in [6, 6.07) is 11.7. The molecule has 3 N–H and O–H groups in total. The number of pyridine rings is 1. The molecule has 0 radical (unpaired) electrons. The maximum Gasteiger partial charge on any atom is 0.274 e. The quantitative estimate of drug-likeness (QED) is 0.835. The van der Waals surface area contributed by atoms with Crippen LogP contribution in [0, 0.1) is 0 Å². The Balaban J connectivity index is 2.41. The molecule has 20 heavy (non-hydrogen) atoms. The Morgan fingerprint density at radius 2 is 1.95 bits per heavy atom. The van der Waals surface area contributed by atoms with E-state index in [1.165, 1.54) is 6.07 Å². The highest BCUT2D eigenvalue weighted by atomic mass is 16.2. The normalized spacial score (nSPS) is 10.2. The van der Waals surface area contributed by atoms with E-state index >= 15 is 0 Å². The zero-order valence-electron chi connectivity index (χ0n) is 11.3. The maximum absolute atomic E-state index is 12.5. The molecule has 0 spiro atoms. The first kappa shape index (κ1) is 13.9. The van der Waals surface area contributed by atoms with Crippen molar-refractivity contribution in [1.29, 1.82) is 0 Å². The monoisotopic (exact) mass is 271 g/mol. The average molecular weight is 271 g/mol. The molecule has 1 aromatic carbocycles. The van der Waals surface area contributed by atoms with Gasteiger partial charge in [-0.05, 0) is 24.6 Å². The predicted octanol–water partition coefficient (Wildman–Crippen LogP) is 2.01. The fourth-order valence-corrected chi connectivity index (χ4v) is 2.01. The summed E-state index contributed by atoms with van der Waals surface area (Å²) in [5.41, 5.74) is 7.08. The SMILES string of the molecule is CCCN(C(=O)c1cccc(=O)[nH]1)c1ccccc1N. The number of nitrogens with two attached hydrogens (primary N) is 1. The van der Waals surface area contributed by atoms with Crippen LogP contribution in [-0.2, 0) is 0 Å². The molecule has 0 saturated heterocycles. The number of aromatic nitrogens is 1. The van der Waals surface area contributed by atoms with Crippen LogP contribution in [0.4, 0.5) is 11.4 Å². The number of carbonyl (C=O) groups is 1. The van der Waals surface area contributed by atoms with E-state index in [1.807, 2.05) is 19.1 Å². The van der Waals surface area contributed by atoms with Crippen molar-refractivity contribution in [2.24, 2.45) is 0 Å². The molecule has 104 valence electrons. The Morgan fingerprint density at radius 1 is 1.20 bits per heavy atom. The molecule has 1 aromatic heterocycles. The van der Waals surface area contributed by atoms with Crippen molar-refractivity contribution in [3.8, 4) is 0 Å². The van der Waals surface area contributed by atoms with Gasteiger partial charge in [0.05, 0.1) is 11.4 Å². The van der Waals surface area contributed by atoms with Gasteiger partial charge in [-0.2, -0.15) is 0 Å². The molecule has 0 aliphatic carbocycles. The number of nitrogen functional groups attached to an aromatic ring is 1. The van der Waals surface area contributed by atoms with Crippen molar-refractivity contribution in [2.45, 2.75) is 13.3 Å². The van der Waals surface area contributed by atoms with Gasteiger partial charge in [0.15, 0.2) is 0 Å². The van der Waals surface area contributed by atoms with E-state index in [4.69, 9.17) is 5.73 Å². The number of nitrogens with zero attached hydrogens (tertiary/aromatic N) is 1. The van der Waals surface area contributed by atoms with E-state index in [1.54, 1.807) is 29.2 Å². The van der Waals surface area contributed by atoms with E-state index in [0.29, 0.717) is 17.9 Å². The van der Waals surface area contributed by atoms with Crippen LogP contribution < -0.4 is 16.2 Å². The number of H-pyrrole nitrogens is 1. The van der Waals surface area contributed by atoms with Crippen LogP contribution >= 0.6 is 0 Å². The number of hydrogen-bond donors (Lipinski definition) is 2. The second-order valence-corrected chi connectivity index (χ2v) is 4.44. The van der Waals surface area contributed by atoms with Crippen LogP contribution in [0.15, 0.2) is 47.3 Å². The first-order chi connectivity index (χ1) is 9.63. The zero-order valence-corrected chi connectivity index (χ0v) is 11.3. The molecule has 2 aromatic rings. The highest BCUT2D eigenvalue weighted by Gasteiger charge is 2.19. The predicted molar refractivity (Wildman–Crippen MR) is 79.9 cm³/mol. The summed E-state index contributed by atoms with van der Waals surface area (Å²) in [6.45, 7) is 2.51. The highest BCUT2D eigenvalue weighted by Crippen LogP contribution is 2.24. The fraction of sp³-hybridized carbons (Fsp3) is 0.200. The van der Waals surface area contributed by atoms with Gasteiger partial charge in [-0.1, -0.05) is 25.1 Å². The molecule has 0 aliphatic rings. The standard InChI is InChI=1S/C15H17N3O2/c1-2-10-18(13-8-4-3-6-11(13)16)15(20)12-7-5-9-14(19)17-12/h3-9H,2,10,16H2,1H3,(H,17,19). The van der Waals surface area contributed by atoms with Crippen molar-refractivity contribution in [2.75, 3.05) is 17.2 Å². The number of para-hydroxylation sites is 2. The summed E-state index contributed by atoms with van der Waals surface area (Å²) >= 11 is 0. The van der Waals surface area contributed by atoms with E-state index < -0.39 is 0 Å².